The molecular formula is C18H19Cl2NO2. The second-order valence-electron chi connectivity index (χ2n) is 5.76. The van der Waals surface area contributed by atoms with Crippen LogP contribution >= 0.6 is 23.2 Å². The van der Waals surface area contributed by atoms with Crippen LogP contribution in [0.5, 0.6) is 11.5 Å². The number of benzene rings is 2. The molecule has 0 saturated carbocycles. The second kappa shape index (κ2) is 7.43. The monoisotopic (exact) mass is 351 g/mol. The van der Waals surface area contributed by atoms with Crippen LogP contribution in [0.1, 0.15) is 12.0 Å². The zero-order valence-corrected chi connectivity index (χ0v) is 14.5. The van der Waals surface area contributed by atoms with Crippen LogP contribution in [0, 0.1) is 0 Å². The predicted molar refractivity (Wildman–Crippen MR) is 93.8 cm³/mol. The molecule has 1 saturated heterocycles. The van der Waals surface area contributed by atoms with Gasteiger partial charge in [-0.25, -0.2) is 0 Å². The molecule has 2 aromatic rings. The minimum absolute atomic E-state index is 0.168. The van der Waals surface area contributed by atoms with Crippen molar-refractivity contribution in [3.05, 3.63) is 58.1 Å². The Bertz CT molecular complexity index is 678. The number of hydrogen-bond donors (Lipinski definition) is 0. The molecule has 3 rings (SSSR count). The van der Waals surface area contributed by atoms with Gasteiger partial charge in [0, 0.05) is 34.8 Å². The lowest BCUT2D eigenvalue weighted by Crippen LogP contribution is -2.21. The van der Waals surface area contributed by atoms with Crippen molar-refractivity contribution in [2.75, 3.05) is 20.1 Å². The lowest BCUT2D eigenvalue weighted by atomic mass is 10.2. The van der Waals surface area contributed by atoms with E-state index in [-0.39, 0.29) is 6.10 Å². The van der Waals surface area contributed by atoms with Crippen molar-refractivity contribution >= 4 is 23.2 Å². The van der Waals surface area contributed by atoms with Gasteiger partial charge in [-0.05, 0) is 31.7 Å². The van der Waals surface area contributed by atoms with Crippen LogP contribution in [0.3, 0.4) is 0 Å². The molecule has 1 aliphatic heterocycles. The number of likely N-dealkylation sites (tertiary alicyclic amines) is 1. The molecule has 1 fully saturated rings. The fraction of sp³-hybridized carbons (Fsp3) is 0.333. The van der Waals surface area contributed by atoms with Crippen molar-refractivity contribution in [1.82, 2.24) is 4.90 Å². The molecule has 23 heavy (non-hydrogen) atoms. The molecule has 2 aromatic carbocycles. The quantitative estimate of drug-likeness (QED) is 0.782. The van der Waals surface area contributed by atoms with Crippen LogP contribution < -0.4 is 9.47 Å². The van der Waals surface area contributed by atoms with Crippen LogP contribution in [0.2, 0.25) is 10.0 Å². The van der Waals surface area contributed by atoms with Crippen LogP contribution in [-0.2, 0) is 6.61 Å². The molecule has 0 spiro atoms. The van der Waals surface area contributed by atoms with Gasteiger partial charge in [0.05, 0.1) is 0 Å². The van der Waals surface area contributed by atoms with Gasteiger partial charge in [-0.15, -0.1) is 0 Å². The standard InChI is InChI=1S/C18H19Cl2NO2/c1-21-9-8-15(11-21)23-18-10-14(19)6-7-17(18)22-12-13-4-2-3-5-16(13)20/h2-7,10,15H,8-9,11-12H2,1H3/t15-/m1/s1. The third kappa shape index (κ3) is 4.31. The average molecular weight is 352 g/mol. The second-order valence-corrected chi connectivity index (χ2v) is 6.61. The van der Waals surface area contributed by atoms with Crippen molar-refractivity contribution < 1.29 is 9.47 Å². The largest absolute Gasteiger partial charge is 0.485 e. The van der Waals surface area contributed by atoms with E-state index < -0.39 is 0 Å². The molecule has 122 valence electrons. The average Bonchev–Trinajstić information content (AvgIpc) is 2.93. The van der Waals surface area contributed by atoms with Gasteiger partial charge in [0.2, 0.25) is 0 Å². The zero-order chi connectivity index (χ0) is 16.2. The van der Waals surface area contributed by atoms with E-state index in [1.165, 1.54) is 0 Å². The Labute approximate surface area is 146 Å². The first-order chi connectivity index (χ1) is 11.1. The van der Waals surface area contributed by atoms with Crippen molar-refractivity contribution in [2.45, 2.75) is 19.1 Å². The van der Waals surface area contributed by atoms with E-state index >= 15 is 0 Å². The van der Waals surface area contributed by atoms with E-state index in [0.29, 0.717) is 28.2 Å². The molecule has 0 bridgehead atoms. The highest BCUT2D eigenvalue weighted by Crippen LogP contribution is 2.33. The van der Waals surface area contributed by atoms with Gasteiger partial charge in [0.1, 0.15) is 12.7 Å². The van der Waals surface area contributed by atoms with Crippen LogP contribution in [-0.4, -0.2) is 31.1 Å². The highest BCUT2D eigenvalue weighted by molar-refractivity contribution is 6.31. The summed E-state index contributed by atoms with van der Waals surface area (Å²) >= 11 is 12.3. The molecule has 0 amide bonds. The number of nitrogens with zero attached hydrogens (tertiary/aromatic N) is 1. The maximum Gasteiger partial charge on any atom is 0.163 e. The van der Waals surface area contributed by atoms with Crippen molar-refractivity contribution in [1.29, 1.82) is 0 Å². The number of likely N-dealkylation sites (N-methyl/N-ethyl adjacent to an activating group) is 1. The summed E-state index contributed by atoms with van der Waals surface area (Å²) in [5.41, 5.74) is 0.940. The fourth-order valence-corrected chi connectivity index (χ4v) is 2.99. The van der Waals surface area contributed by atoms with Crippen LogP contribution in [0.15, 0.2) is 42.5 Å². The minimum atomic E-state index is 0.168. The maximum absolute atomic E-state index is 6.17. The Kier molecular flexibility index (Phi) is 5.31. The SMILES string of the molecule is CN1CC[C@@H](Oc2cc(Cl)ccc2OCc2ccccc2Cl)C1. The molecule has 1 aliphatic rings. The van der Waals surface area contributed by atoms with Gasteiger partial charge in [-0.3, -0.25) is 0 Å². The molecule has 0 unspecified atom stereocenters. The Hall–Kier alpha value is -1.42. The lowest BCUT2D eigenvalue weighted by Gasteiger charge is -2.17. The van der Waals surface area contributed by atoms with Crippen molar-refractivity contribution in [2.24, 2.45) is 0 Å². The normalized spacial score (nSPS) is 18.1. The lowest BCUT2D eigenvalue weighted by molar-refractivity contribution is 0.192. The van der Waals surface area contributed by atoms with Crippen LogP contribution in [0.4, 0.5) is 0 Å². The topological polar surface area (TPSA) is 21.7 Å². The van der Waals surface area contributed by atoms with Gasteiger partial charge in [-0.2, -0.15) is 0 Å². The first kappa shape index (κ1) is 16.4. The summed E-state index contributed by atoms with van der Waals surface area (Å²) in [4.78, 5) is 2.25. The maximum atomic E-state index is 6.17. The molecule has 0 aromatic heterocycles. The van der Waals surface area contributed by atoms with E-state index in [1.54, 1.807) is 6.07 Å². The first-order valence-corrected chi connectivity index (χ1v) is 8.38. The van der Waals surface area contributed by atoms with Gasteiger partial charge in [0.25, 0.3) is 0 Å². The minimum Gasteiger partial charge on any atom is -0.485 e. The Morgan fingerprint density at radius 1 is 1.13 bits per heavy atom. The summed E-state index contributed by atoms with van der Waals surface area (Å²) in [5, 5.41) is 1.33. The van der Waals surface area contributed by atoms with Crippen molar-refractivity contribution in [3.63, 3.8) is 0 Å². The van der Waals surface area contributed by atoms with Gasteiger partial charge in [0.15, 0.2) is 11.5 Å². The molecule has 0 radical (unpaired) electrons. The zero-order valence-electron chi connectivity index (χ0n) is 13.0. The fourth-order valence-electron chi connectivity index (χ4n) is 2.63. The summed E-state index contributed by atoms with van der Waals surface area (Å²) in [5.74, 6) is 1.37. The third-order valence-electron chi connectivity index (χ3n) is 3.89. The molecule has 0 N–H and O–H groups in total. The smallest absolute Gasteiger partial charge is 0.163 e. The van der Waals surface area contributed by atoms with Gasteiger partial charge >= 0.3 is 0 Å². The van der Waals surface area contributed by atoms with E-state index in [4.69, 9.17) is 32.7 Å². The molecule has 5 heteroatoms. The Morgan fingerprint density at radius 3 is 2.70 bits per heavy atom. The summed E-state index contributed by atoms with van der Waals surface area (Å²) < 4.78 is 12.0. The van der Waals surface area contributed by atoms with Gasteiger partial charge < -0.3 is 14.4 Å². The molecule has 1 heterocycles. The number of halogens is 2. The van der Waals surface area contributed by atoms with E-state index in [1.807, 2.05) is 36.4 Å². The summed E-state index contributed by atoms with van der Waals surface area (Å²) in [6.45, 7) is 2.35. The Balaban J connectivity index is 1.72. The number of hydrogen-bond acceptors (Lipinski definition) is 3. The summed E-state index contributed by atoms with van der Waals surface area (Å²) in [6.07, 6.45) is 1.17. The summed E-state index contributed by atoms with van der Waals surface area (Å²) in [7, 11) is 2.09. The van der Waals surface area contributed by atoms with Gasteiger partial charge in [-0.1, -0.05) is 41.4 Å². The van der Waals surface area contributed by atoms with Crippen molar-refractivity contribution in [3.8, 4) is 11.5 Å². The van der Waals surface area contributed by atoms with E-state index in [9.17, 15) is 0 Å². The molecule has 3 nitrogen and oxygen atoms in total. The molecular weight excluding hydrogens is 333 g/mol. The predicted octanol–water partition coefficient (Wildman–Crippen LogP) is 4.66. The third-order valence-corrected chi connectivity index (χ3v) is 4.49. The molecule has 1 atom stereocenters. The van der Waals surface area contributed by atoms with E-state index in [2.05, 4.69) is 11.9 Å². The number of ether oxygens (including phenoxy) is 2. The first-order valence-electron chi connectivity index (χ1n) is 7.63. The van der Waals surface area contributed by atoms with Crippen LogP contribution in [0.25, 0.3) is 0 Å². The van der Waals surface area contributed by atoms with E-state index in [0.717, 1.165) is 25.1 Å². The number of rotatable bonds is 5. The molecule has 0 aliphatic carbocycles. The highest BCUT2D eigenvalue weighted by Gasteiger charge is 2.22. The summed E-state index contributed by atoms with van der Waals surface area (Å²) in [6, 6.07) is 13.1. The Morgan fingerprint density at radius 2 is 1.96 bits per heavy atom. The highest BCUT2D eigenvalue weighted by atomic mass is 35.5.